The van der Waals surface area contributed by atoms with E-state index in [-0.39, 0.29) is 12.0 Å². The molecule has 4 nitrogen and oxygen atoms in total. The molecule has 0 spiro atoms. The van der Waals surface area contributed by atoms with Gasteiger partial charge in [0.15, 0.2) is 0 Å². The second-order valence-electron chi connectivity index (χ2n) is 4.79. The van der Waals surface area contributed by atoms with Gasteiger partial charge < -0.3 is 14.7 Å². The molecule has 1 aromatic carbocycles. The first-order chi connectivity index (χ1) is 9.58. The summed E-state index contributed by atoms with van der Waals surface area (Å²) in [7, 11) is 0. The third-order valence-corrected chi connectivity index (χ3v) is 4.03. The summed E-state index contributed by atoms with van der Waals surface area (Å²) in [6, 6.07) is 5.20. The van der Waals surface area contributed by atoms with Crippen molar-refractivity contribution < 1.29 is 14.6 Å². The molecule has 2 rings (SSSR count). The summed E-state index contributed by atoms with van der Waals surface area (Å²) in [5, 5.41) is 10.2. The van der Waals surface area contributed by atoms with Gasteiger partial charge in [-0.2, -0.15) is 0 Å². The molecule has 0 bridgehead atoms. The fourth-order valence-electron chi connectivity index (χ4n) is 2.13. The first-order valence-electron chi connectivity index (χ1n) is 6.60. The first-order valence-corrected chi connectivity index (χ1v) is 7.36. The number of rotatable bonds is 5. The number of amides is 1. The highest BCUT2D eigenvalue weighted by Gasteiger charge is 2.23. The zero-order valence-electron chi connectivity index (χ0n) is 11.0. The second kappa shape index (κ2) is 7.16. The normalized spacial score (nSPS) is 18.4. The molecule has 110 valence electrons. The molecule has 6 heteroatoms. The maximum absolute atomic E-state index is 11.8. The summed E-state index contributed by atoms with van der Waals surface area (Å²) in [5.74, 6) is 0.588. The number of ether oxygens (including phenoxy) is 1. The fourth-order valence-corrected chi connectivity index (χ4v) is 2.47. The number of hydrogen-bond acceptors (Lipinski definition) is 3. The quantitative estimate of drug-likeness (QED) is 0.849. The largest absolute Gasteiger partial charge is 0.492 e. The molecule has 1 aliphatic heterocycles. The standard InChI is InChI=1S/C14H17Cl2NO3/c15-11-3-1-4-12(14(11)16)20-8-2-5-13(19)17-7-6-10(18)9-17/h1,3-4,10,18H,2,5-9H2/t10-/m1/s1. The van der Waals surface area contributed by atoms with Gasteiger partial charge in [0, 0.05) is 19.5 Å². The number of benzene rings is 1. The van der Waals surface area contributed by atoms with Crippen molar-refractivity contribution in [3.63, 3.8) is 0 Å². The number of likely N-dealkylation sites (tertiary alicyclic amines) is 1. The smallest absolute Gasteiger partial charge is 0.222 e. The lowest BCUT2D eigenvalue weighted by molar-refractivity contribution is -0.130. The average molecular weight is 318 g/mol. The van der Waals surface area contributed by atoms with Gasteiger partial charge in [0.1, 0.15) is 10.8 Å². The van der Waals surface area contributed by atoms with Crippen LogP contribution in [0.15, 0.2) is 18.2 Å². The van der Waals surface area contributed by atoms with E-state index in [1.54, 1.807) is 23.1 Å². The van der Waals surface area contributed by atoms with Crippen LogP contribution in [-0.4, -0.2) is 41.7 Å². The van der Waals surface area contributed by atoms with Crippen molar-refractivity contribution in [2.75, 3.05) is 19.7 Å². The lowest BCUT2D eigenvalue weighted by Gasteiger charge is -2.15. The van der Waals surface area contributed by atoms with Crippen LogP contribution in [0.4, 0.5) is 0 Å². The van der Waals surface area contributed by atoms with E-state index in [0.29, 0.717) is 54.8 Å². The number of β-amino-alcohol motifs (C(OH)–C–C–N with tert-alkyl or cyclic N) is 1. The van der Waals surface area contributed by atoms with Gasteiger partial charge in [-0.05, 0) is 25.0 Å². The van der Waals surface area contributed by atoms with Crippen LogP contribution in [0.5, 0.6) is 5.75 Å². The maximum Gasteiger partial charge on any atom is 0.222 e. The number of aliphatic hydroxyl groups is 1. The number of halogens is 2. The van der Waals surface area contributed by atoms with Crippen LogP contribution in [0.2, 0.25) is 10.0 Å². The van der Waals surface area contributed by atoms with Gasteiger partial charge >= 0.3 is 0 Å². The Kier molecular flexibility index (Phi) is 5.52. The first kappa shape index (κ1) is 15.4. The predicted molar refractivity (Wildman–Crippen MR) is 78.4 cm³/mol. The third kappa shape index (κ3) is 4.01. The van der Waals surface area contributed by atoms with Crippen LogP contribution in [-0.2, 0) is 4.79 Å². The van der Waals surface area contributed by atoms with E-state index < -0.39 is 0 Å². The molecule has 1 N–H and O–H groups in total. The van der Waals surface area contributed by atoms with Gasteiger partial charge in [0.05, 0.1) is 17.7 Å². The maximum atomic E-state index is 11.8. The molecule has 0 aromatic heterocycles. The Morgan fingerprint density at radius 1 is 1.45 bits per heavy atom. The molecular formula is C14H17Cl2NO3. The summed E-state index contributed by atoms with van der Waals surface area (Å²) in [4.78, 5) is 13.5. The van der Waals surface area contributed by atoms with Gasteiger partial charge in [-0.3, -0.25) is 4.79 Å². The Balaban J connectivity index is 1.71. The highest BCUT2D eigenvalue weighted by Crippen LogP contribution is 2.31. The van der Waals surface area contributed by atoms with Crippen LogP contribution < -0.4 is 4.74 Å². The molecule has 0 saturated carbocycles. The van der Waals surface area contributed by atoms with E-state index in [1.165, 1.54) is 0 Å². The zero-order valence-corrected chi connectivity index (χ0v) is 12.5. The van der Waals surface area contributed by atoms with Crippen LogP contribution in [0.25, 0.3) is 0 Å². The summed E-state index contributed by atoms with van der Waals surface area (Å²) in [6.45, 7) is 1.49. The van der Waals surface area contributed by atoms with E-state index in [4.69, 9.17) is 27.9 Å². The average Bonchev–Trinajstić information content (AvgIpc) is 2.86. The van der Waals surface area contributed by atoms with Crippen LogP contribution in [0.1, 0.15) is 19.3 Å². The molecule has 1 fully saturated rings. The molecule has 1 aromatic rings. The van der Waals surface area contributed by atoms with E-state index in [0.717, 1.165) is 0 Å². The minimum Gasteiger partial charge on any atom is -0.492 e. The molecular weight excluding hydrogens is 301 g/mol. The number of hydrogen-bond donors (Lipinski definition) is 1. The van der Waals surface area contributed by atoms with Gasteiger partial charge in [0.2, 0.25) is 5.91 Å². The highest BCUT2D eigenvalue weighted by atomic mass is 35.5. The Morgan fingerprint density at radius 2 is 2.25 bits per heavy atom. The van der Waals surface area contributed by atoms with Gasteiger partial charge in [-0.15, -0.1) is 0 Å². The van der Waals surface area contributed by atoms with Gasteiger partial charge in [-0.25, -0.2) is 0 Å². The van der Waals surface area contributed by atoms with Crippen LogP contribution in [0, 0.1) is 0 Å². The van der Waals surface area contributed by atoms with Gasteiger partial charge in [0.25, 0.3) is 0 Å². The molecule has 0 aliphatic carbocycles. The van der Waals surface area contributed by atoms with E-state index in [2.05, 4.69) is 0 Å². The van der Waals surface area contributed by atoms with Crippen molar-refractivity contribution in [3.05, 3.63) is 28.2 Å². The van der Waals surface area contributed by atoms with Crippen molar-refractivity contribution in [2.24, 2.45) is 0 Å². The molecule has 0 unspecified atom stereocenters. The van der Waals surface area contributed by atoms with Crippen LogP contribution in [0.3, 0.4) is 0 Å². The molecule has 1 saturated heterocycles. The van der Waals surface area contributed by atoms with E-state index >= 15 is 0 Å². The van der Waals surface area contributed by atoms with Gasteiger partial charge in [-0.1, -0.05) is 29.3 Å². The van der Waals surface area contributed by atoms with E-state index in [9.17, 15) is 9.90 Å². The summed E-state index contributed by atoms with van der Waals surface area (Å²) >= 11 is 11.9. The lowest BCUT2D eigenvalue weighted by atomic mass is 10.3. The number of carbonyl (C=O) groups is 1. The Morgan fingerprint density at radius 3 is 2.95 bits per heavy atom. The third-order valence-electron chi connectivity index (χ3n) is 3.22. The van der Waals surface area contributed by atoms with Crippen molar-refractivity contribution in [1.82, 2.24) is 4.90 Å². The number of nitrogens with zero attached hydrogens (tertiary/aromatic N) is 1. The molecule has 1 heterocycles. The predicted octanol–water partition coefficient (Wildman–Crippen LogP) is 2.75. The number of aliphatic hydroxyl groups excluding tert-OH is 1. The lowest BCUT2D eigenvalue weighted by Crippen LogP contribution is -2.29. The Hall–Kier alpha value is -0.970. The molecule has 20 heavy (non-hydrogen) atoms. The second-order valence-corrected chi connectivity index (χ2v) is 5.57. The minimum absolute atomic E-state index is 0.0577. The van der Waals surface area contributed by atoms with Crippen molar-refractivity contribution in [3.8, 4) is 5.75 Å². The number of carbonyl (C=O) groups excluding carboxylic acids is 1. The summed E-state index contributed by atoms with van der Waals surface area (Å²) in [6.07, 6.45) is 1.31. The monoisotopic (exact) mass is 317 g/mol. The SMILES string of the molecule is O=C(CCCOc1cccc(Cl)c1Cl)N1CC[C@@H](O)C1. The summed E-state index contributed by atoms with van der Waals surface area (Å²) in [5.41, 5.74) is 0. The van der Waals surface area contributed by atoms with Crippen LogP contribution >= 0.6 is 23.2 Å². The van der Waals surface area contributed by atoms with Crippen molar-refractivity contribution in [2.45, 2.75) is 25.4 Å². The summed E-state index contributed by atoms with van der Waals surface area (Å²) < 4.78 is 5.52. The molecule has 1 amide bonds. The topological polar surface area (TPSA) is 49.8 Å². The molecule has 1 aliphatic rings. The Bertz CT molecular complexity index is 481. The Labute approximate surface area is 128 Å². The zero-order chi connectivity index (χ0) is 14.5. The fraction of sp³-hybridized carbons (Fsp3) is 0.500. The van der Waals surface area contributed by atoms with E-state index in [1.807, 2.05) is 0 Å². The van der Waals surface area contributed by atoms with Crippen molar-refractivity contribution in [1.29, 1.82) is 0 Å². The highest BCUT2D eigenvalue weighted by molar-refractivity contribution is 6.42. The molecule has 1 atom stereocenters. The van der Waals surface area contributed by atoms with Crippen molar-refractivity contribution >= 4 is 29.1 Å². The minimum atomic E-state index is -0.375. The molecule has 0 radical (unpaired) electrons.